The molecule has 1 saturated heterocycles. The topological polar surface area (TPSA) is 61.4 Å². The molecule has 0 bridgehead atoms. The number of aliphatic hydroxyl groups is 1. The Balaban J connectivity index is 2.16. The van der Waals surface area contributed by atoms with Gasteiger partial charge in [-0.15, -0.1) is 11.3 Å². The largest absolute Gasteiger partial charge is 0.450 e. The zero-order valence-corrected chi connectivity index (χ0v) is 15.3. The van der Waals surface area contributed by atoms with E-state index in [2.05, 4.69) is 10.6 Å². The maximum atomic E-state index is 13.3. The Morgan fingerprint density at radius 2 is 1.92 bits per heavy atom. The summed E-state index contributed by atoms with van der Waals surface area (Å²) in [6, 6.07) is 7.77. The smallest absolute Gasteiger partial charge is 0.366 e. The summed E-state index contributed by atoms with van der Waals surface area (Å²) >= 11 is 11.9. The van der Waals surface area contributed by atoms with Crippen LogP contribution >= 0.6 is 35.2 Å². The van der Waals surface area contributed by atoms with Gasteiger partial charge in [0.15, 0.2) is 10.8 Å². The second-order valence-corrected chi connectivity index (χ2v) is 7.50. The number of alkyl halides is 3. The molecule has 3 N–H and O–H groups in total. The van der Waals surface area contributed by atoms with Gasteiger partial charge in [0, 0.05) is 5.02 Å². The van der Waals surface area contributed by atoms with E-state index in [9.17, 15) is 23.1 Å². The van der Waals surface area contributed by atoms with E-state index in [4.69, 9.17) is 23.8 Å². The van der Waals surface area contributed by atoms with Crippen LogP contribution in [0.2, 0.25) is 5.02 Å². The van der Waals surface area contributed by atoms with Crippen molar-refractivity contribution in [2.75, 3.05) is 0 Å². The first-order valence-corrected chi connectivity index (χ1v) is 9.01. The number of thiophene rings is 1. The molecule has 1 aliphatic heterocycles. The Kier molecular flexibility index (Phi) is 5.00. The number of ketones is 1. The molecule has 26 heavy (non-hydrogen) atoms. The average Bonchev–Trinajstić information content (AvgIpc) is 3.08. The lowest BCUT2D eigenvalue weighted by atomic mass is 9.78. The summed E-state index contributed by atoms with van der Waals surface area (Å²) < 4.78 is 39.9. The van der Waals surface area contributed by atoms with Gasteiger partial charge in [0.25, 0.3) is 0 Å². The zero-order valence-electron chi connectivity index (χ0n) is 12.9. The normalized spacial score (nSPS) is 26.1. The van der Waals surface area contributed by atoms with Gasteiger partial charge in [0.2, 0.25) is 5.78 Å². The van der Waals surface area contributed by atoms with Crippen molar-refractivity contribution in [3.05, 3.63) is 57.2 Å². The fraction of sp³-hybridized carbons (Fsp3) is 0.250. The lowest BCUT2D eigenvalue weighted by Gasteiger charge is -2.45. The molecule has 1 fully saturated rings. The van der Waals surface area contributed by atoms with E-state index in [1.807, 2.05) is 0 Å². The Labute approximate surface area is 161 Å². The van der Waals surface area contributed by atoms with Crippen molar-refractivity contribution in [3.63, 3.8) is 0 Å². The summed E-state index contributed by atoms with van der Waals surface area (Å²) in [7, 11) is 0. The molecule has 1 aromatic heterocycles. The standard InChI is InChI=1S/C16H12ClF3N2O2S2/c17-9-5-3-8(4-6-9)12-11(13(23)16(18,19)20)15(24,22-14(25)21-12)10-2-1-7-26-10/h1-7,11-12,24H,(H2,21,22,25)/t11-,12+,15+/m0/s1. The van der Waals surface area contributed by atoms with Crippen LogP contribution in [0, 0.1) is 5.92 Å². The predicted molar refractivity (Wildman–Crippen MR) is 95.8 cm³/mol. The highest BCUT2D eigenvalue weighted by atomic mass is 35.5. The molecule has 2 aromatic rings. The number of Topliss-reactive ketones (excluding diaryl/α,β-unsaturated/α-hetero) is 1. The average molecular weight is 421 g/mol. The minimum absolute atomic E-state index is 0.0629. The second-order valence-electron chi connectivity index (χ2n) is 5.71. The first kappa shape index (κ1) is 19.1. The van der Waals surface area contributed by atoms with Crippen molar-refractivity contribution in [1.29, 1.82) is 0 Å². The highest BCUT2D eigenvalue weighted by molar-refractivity contribution is 7.80. The van der Waals surface area contributed by atoms with Crippen LogP contribution in [0.5, 0.6) is 0 Å². The Morgan fingerprint density at radius 3 is 2.46 bits per heavy atom. The van der Waals surface area contributed by atoms with Crippen molar-refractivity contribution < 1.29 is 23.1 Å². The first-order valence-electron chi connectivity index (χ1n) is 7.34. The van der Waals surface area contributed by atoms with Gasteiger partial charge in [-0.1, -0.05) is 29.8 Å². The highest BCUT2D eigenvalue weighted by Gasteiger charge is 2.59. The van der Waals surface area contributed by atoms with Gasteiger partial charge in [-0.25, -0.2) is 0 Å². The third-order valence-corrected chi connectivity index (χ3v) is 5.53. The van der Waals surface area contributed by atoms with Gasteiger partial charge < -0.3 is 15.7 Å². The van der Waals surface area contributed by atoms with Crippen LogP contribution in [0.15, 0.2) is 41.8 Å². The molecule has 138 valence electrons. The van der Waals surface area contributed by atoms with Crippen molar-refractivity contribution in [2.24, 2.45) is 5.92 Å². The van der Waals surface area contributed by atoms with Crippen LogP contribution in [-0.2, 0) is 10.5 Å². The number of nitrogens with one attached hydrogen (secondary N) is 2. The number of rotatable bonds is 3. The minimum Gasteiger partial charge on any atom is -0.366 e. The third kappa shape index (κ3) is 3.44. The Hall–Kier alpha value is -1.68. The quantitative estimate of drug-likeness (QED) is 0.663. The van der Waals surface area contributed by atoms with Crippen molar-refractivity contribution in [3.8, 4) is 0 Å². The summed E-state index contributed by atoms with van der Waals surface area (Å²) in [6.45, 7) is 0. The van der Waals surface area contributed by atoms with Crippen molar-refractivity contribution in [2.45, 2.75) is 17.9 Å². The van der Waals surface area contributed by atoms with E-state index >= 15 is 0 Å². The van der Waals surface area contributed by atoms with Gasteiger partial charge >= 0.3 is 6.18 Å². The Morgan fingerprint density at radius 1 is 1.27 bits per heavy atom. The number of halogens is 4. The van der Waals surface area contributed by atoms with Crippen LogP contribution in [0.25, 0.3) is 0 Å². The van der Waals surface area contributed by atoms with Crippen LogP contribution in [0.1, 0.15) is 16.5 Å². The minimum atomic E-state index is -5.14. The van der Waals surface area contributed by atoms with Crippen LogP contribution in [-0.4, -0.2) is 22.2 Å². The predicted octanol–water partition coefficient (Wildman–Crippen LogP) is 3.51. The lowest BCUT2D eigenvalue weighted by molar-refractivity contribution is -0.189. The molecule has 1 aliphatic rings. The fourth-order valence-electron chi connectivity index (χ4n) is 2.93. The third-order valence-electron chi connectivity index (χ3n) is 4.06. The Bertz CT molecular complexity index is 827. The summed E-state index contributed by atoms with van der Waals surface area (Å²) in [5, 5.41) is 18.1. The molecule has 0 saturated carbocycles. The molecule has 4 nitrogen and oxygen atoms in total. The second kappa shape index (κ2) is 6.80. The van der Waals surface area contributed by atoms with Gasteiger partial charge in [-0.05, 0) is 41.4 Å². The van der Waals surface area contributed by atoms with E-state index in [1.54, 1.807) is 11.4 Å². The van der Waals surface area contributed by atoms with Crippen LogP contribution < -0.4 is 10.6 Å². The molecule has 2 heterocycles. The van der Waals surface area contributed by atoms with Crippen molar-refractivity contribution in [1.82, 2.24) is 10.6 Å². The zero-order chi connectivity index (χ0) is 19.1. The molecule has 0 aliphatic carbocycles. The number of hydrogen-bond acceptors (Lipinski definition) is 4. The molecule has 3 rings (SSSR count). The molecular weight excluding hydrogens is 409 g/mol. The molecule has 0 radical (unpaired) electrons. The van der Waals surface area contributed by atoms with E-state index < -0.39 is 29.6 Å². The summed E-state index contributed by atoms with van der Waals surface area (Å²) in [5.41, 5.74) is -1.95. The van der Waals surface area contributed by atoms with E-state index in [-0.39, 0.29) is 9.99 Å². The molecule has 3 atom stereocenters. The lowest BCUT2D eigenvalue weighted by Crippen LogP contribution is -2.66. The molecule has 10 heteroatoms. The van der Waals surface area contributed by atoms with Crippen LogP contribution in [0.4, 0.5) is 13.2 Å². The van der Waals surface area contributed by atoms with Crippen LogP contribution in [0.3, 0.4) is 0 Å². The molecule has 0 unspecified atom stereocenters. The fourth-order valence-corrected chi connectivity index (χ4v) is 4.15. The first-order chi connectivity index (χ1) is 12.1. The summed E-state index contributed by atoms with van der Waals surface area (Å²) in [6.07, 6.45) is -5.14. The van der Waals surface area contributed by atoms with E-state index in [1.165, 1.54) is 30.3 Å². The monoisotopic (exact) mass is 420 g/mol. The van der Waals surface area contributed by atoms with Gasteiger partial charge in [-0.3, -0.25) is 4.79 Å². The number of hydrogen-bond donors (Lipinski definition) is 3. The van der Waals surface area contributed by atoms with Gasteiger partial charge in [-0.2, -0.15) is 13.2 Å². The number of benzene rings is 1. The molecule has 1 aromatic carbocycles. The van der Waals surface area contributed by atoms with E-state index in [0.717, 1.165) is 11.3 Å². The highest BCUT2D eigenvalue weighted by Crippen LogP contribution is 2.44. The maximum Gasteiger partial charge on any atom is 0.450 e. The molecule has 0 spiro atoms. The molecule has 0 amide bonds. The molecular formula is C16H12ClF3N2O2S2. The van der Waals surface area contributed by atoms with Crippen molar-refractivity contribution >= 4 is 46.1 Å². The van der Waals surface area contributed by atoms with E-state index in [0.29, 0.717) is 10.6 Å². The summed E-state index contributed by atoms with van der Waals surface area (Å²) in [4.78, 5) is 12.4. The number of carbonyl (C=O) groups excluding carboxylic acids is 1. The SMILES string of the molecule is O=C([C@@H]1[C@@H](c2ccc(Cl)cc2)NC(=S)N[C@@]1(O)c1cccs1)C(F)(F)F. The maximum absolute atomic E-state index is 13.3. The van der Waals surface area contributed by atoms with Gasteiger partial charge in [0.05, 0.1) is 10.9 Å². The summed E-state index contributed by atoms with van der Waals surface area (Å²) in [5.74, 6) is -3.95. The number of carbonyl (C=O) groups is 1. The van der Waals surface area contributed by atoms with Gasteiger partial charge in [0.1, 0.15) is 5.92 Å². The number of thiocarbonyl (C=S) groups is 1.